The lowest BCUT2D eigenvalue weighted by Gasteiger charge is -2.38. The minimum absolute atomic E-state index is 0.000136. The summed E-state index contributed by atoms with van der Waals surface area (Å²) in [6, 6.07) is 8.33. The van der Waals surface area contributed by atoms with E-state index in [1.165, 1.54) is 12.1 Å². The van der Waals surface area contributed by atoms with E-state index in [0.29, 0.717) is 11.6 Å². The second-order valence-electron chi connectivity index (χ2n) is 8.34. The molecule has 0 aliphatic heterocycles. The zero-order valence-electron chi connectivity index (χ0n) is 18.0. The average Bonchev–Trinajstić information content (AvgIpc) is 3.19. The number of carbonyl (C=O) groups excluding carboxylic acids is 1. The molecule has 162 valence electrons. The Morgan fingerprint density at radius 2 is 1.87 bits per heavy atom. The molecule has 0 radical (unpaired) electrons. The number of nitrogens with one attached hydrogen (secondary N) is 2. The van der Waals surface area contributed by atoms with Crippen molar-refractivity contribution >= 4 is 11.7 Å². The van der Waals surface area contributed by atoms with Crippen molar-refractivity contribution in [3.8, 4) is 22.8 Å². The van der Waals surface area contributed by atoms with Gasteiger partial charge in [0.05, 0.1) is 12.0 Å². The van der Waals surface area contributed by atoms with Crippen molar-refractivity contribution in [3.63, 3.8) is 0 Å². The molecule has 0 saturated heterocycles. The summed E-state index contributed by atoms with van der Waals surface area (Å²) in [4.78, 5) is 25.4. The monoisotopic (exact) mass is 422 g/mol. The Labute approximate surface area is 181 Å². The third-order valence-electron chi connectivity index (χ3n) is 5.96. The number of hydrogen-bond donors (Lipinski definition) is 2. The summed E-state index contributed by atoms with van der Waals surface area (Å²) in [7, 11) is 1.81. The van der Waals surface area contributed by atoms with Crippen molar-refractivity contribution in [2.45, 2.75) is 51.1 Å². The van der Waals surface area contributed by atoms with Gasteiger partial charge in [-0.25, -0.2) is 19.3 Å². The Balaban J connectivity index is 1.73. The zero-order chi connectivity index (χ0) is 22.0. The molecule has 1 aromatic carbocycles. The number of halogens is 1. The van der Waals surface area contributed by atoms with Crippen molar-refractivity contribution < 1.29 is 9.18 Å². The van der Waals surface area contributed by atoms with Gasteiger partial charge >= 0.3 is 0 Å². The predicted molar refractivity (Wildman–Crippen MR) is 118 cm³/mol. The molecule has 0 atom stereocenters. The van der Waals surface area contributed by atoms with Crippen LogP contribution in [-0.4, -0.2) is 38.0 Å². The van der Waals surface area contributed by atoms with Gasteiger partial charge in [0.25, 0.3) is 0 Å². The topological polar surface area (TPSA) is 84.7 Å². The minimum Gasteiger partial charge on any atom is -0.373 e. The van der Waals surface area contributed by atoms with E-state index < -0.39 is 0 Å². The first kappa shape index (κ1) is 21.0. The van der Waals surface area contributed by atoms with Gasteiger partial charge < -0.3 is 15.2 Å². The normalized spacial score (nSPS) is 21.0. The maximum Gasteiger partial charge on any atom is 0.217 e. The molecule has 8 heteroatoms. The summed E-state index contributed by atoms with van der Waals surface area (Å²) in [5.74, 6) is 0.992. The van der Waals surface area contributed by atoms with E-state index in [-0.39, 0.29) is 23.3 Å². The van der Waals surface area contributed by atoms with Crippen LogP contribution >= 0.6 is 0 Å². The molecule has 4 rings (SSSR count). The Hall–Kier alpha value is -3.29. The van der Waals surface area contributed by atoms with Gasteiger partial charge in [-0.3, -0.25) is 4.79 Å². The molecule has 0 bridgehead atoms. The van der Waals surface area contributed by atoms with Crippen LogP contribution in [0.3, 0.4) is 0 Å². The smallest absolute Gasteiger partial charge is 0.217 e. The van der Waals surface area contributed by atoms with E-state index in [2.05, 4.69) is 37.1 Å². The molecular formula is C23H27FN6O. The fraction of sp³-hybridized carbons (Fsp3) is 0.391. The molecule has 1 aliphatic rings. The van der Waals surface area contributed by atoms with Crippen LogP contribution in [0.4, 0.5) is 10.2 Å². The van der Waals surface area contributed by atoms with Crippen LogP contribution in [0.25, 0.3) is 22.8 Å². The number of hydrogen-bond acceptors (Lipinski definition) is 5. The highest BCUT2D eigenvalue weighted by Crippen LogP contribution is 2.39. The van der Waals surface area contributed by atoms with Crippen LogP contribution in [0.2, 0.25) is 0 Å². The highest BCUT2D eigenvalue weighted by molar-refractivity contribution is 5.76. The lowest BCUT2D eigenvalue weighted by Crippen LogP contribution is -2.47. The third kappa shape index (κ3) is 4.42. The number of imidazole rings is 1. The predicted octanol–water partition coefficient (Wildman–Crippen LogP) is 4.20. The van der Waals surface area contributed by atoms with Crippen LogP contribution in [0.1, 0.15) is 45.6 Å². The largest absolute Gasteiger partial charge is 0.373 e. The van der Waals surface area contributed by atoms with Gasteiger partial charge in [0.15, 0.2) is 5.82 Å². The fourth-order valence-corrected chi connectivity index (χ4v) is 4.36. The quantitative estimate of drug-likeness (QED) is 0.644. The van der Waals surface area contributed by atoms with E-state index >= 15 is 0 Å². The number of nitrogens with zero attached hydrogens (tertiary/aromatic N) is 4. The molecular weight excluding hydrogens is 395 g/mol. The van der Waals surface area contributed by atoms with E-state index in [0.717, 1.165) is 42.6 Å². The van der Waals surface area contributed by atoms with E-state index in [1.807, 2.05) is 13.4 Å². The van der Waals surface area contributed by atoms with Crippen molar-refractivity contribution in [1.29, 1.82) is 0 Å². The van der Waals surface area contributed by atoms with Gasteiger partial charge in [0.2, 0.25) is 5.91 Å². The van der Waals surface area contributed by atoms with Crippen LogP contribution < -0.4 is 10.6 Å². The second-order valence-corrected chi connectivity index (χ2v) is 8.34. The molecule has 1 fully saturated rings. The zero-order valence-corrected chi connectivity index (χ0v) is 18.0. The molecule has 0 spiro atoms. The lowest BCUT2D eigenvalue weighted by molar-refractivity contribution is -0.121. The SMILES string of the molecule is CNc1ccnc(-c2c(-c3ccc(F)cc3)ncn2C2CCC(C)(NC(C)=O)CC2)n1. The molecule has 3 aromatic rings. The number of rotatable bonds is 5. The lowest BCUT2D eigenvalue weighted by atomic mass is 9.80. The number of aromatic nitrogens is 4. The van der Waals surface area contributed by atoms with Crippen LogP contribution in [0, 0.1) is 5.82 Å². The molecule has 0 unspecified atom stereocenters. The Morgan fingerprint density at radius 1 is 1.16 bits per heavy atom. The molecule has 1 amide bonds. The summed E-state index contributed by atoms with van der Waals surface area (Å²) in [5, 5.41) is 6.15. The maximum atomic E-state index is 13.5. The molecule has 2 heterocycles. The minimum atomic E-state index is -0.289. The van der Waals surface area contributed by atoms with Crippen molar-refractivity contribution in [1.82, 2.24) is 24.8 Å². The van der Waals surface area contributed by atoms with Crippen LogP contribution in [0.5, 0.6) is 0 Å². The Bertz CT molecular complexity index is 1070. The van der Waals surface area contributed by atoms with E-state index in [1.54, 1.807) is 31.3 Å². The van der Waals surface area contributed by atoms with Gasteiger partial charge in [-0.1, -0.05) is 0 Å². The Morgan fingerprint density at radius 3 is 2.52 bits per heavy atom. The number of carbonyl (C=O) groups is 1. The number of benzene rings is 1. The van der Waals surface area contributed by atoms with Gasteiger partial charge in [-0.15, -0.1) is 0 Å². The highest BCUT2D eigenvalue weighted by atomic mass is 19.1. The van der Waals surface area contributed by atoms with Crippen LogP contribution in [0.15, 0.2) is 42.9 Å². The summed E-state index contributed by atoms with van der Waals surface area (Å²) >= 11 is 0. The van der Waals surface area contributed by atoms with Crippen molar-refractivity contribution in [3.05, 3.63) is 48.7 Å². The van der Waals surface area contributed by atoms with Crippen LogP contribution in [-0.2, 0) is 4.79 Å². The van der Waals surface area contributed by atoms with Crippen molar-refractivity contribution in [2.75, 3.05) is 12.4 Å². The number of anilines is 1. The van der Waals surface area contributed by atoms with E-state index in [9.17, 15) is 9.18 Å². The van der Waals surface area contributed by atoms with Gasteiger partial charge in [-0.2, -0.15) is 0 Å². The molecule has 2 N–H and O–H groups in total. The highest BCUT2D eigenvalue weighted by Gasteiger charge is 2.34. The van der Waals surface area contributed by atoms with Gasteiger partial charge in [-0.05, 0) is 62.9 Å². The Kier molecular flexibility index (Phi) is 5.71. The summed E-state index contributed by atoms with van der Waals surface area (Å²) in [6.07, 6.45) is 7.09. The fourth-order valence-electron chi connectivity index (χ4n) is 4.36. The summed E-state index contributed by atoms with van der Waals surface area (Å²) < 4.78 is 15.6. The second kappa shape index (κ2) is 8.45. The van der Waals surface area contributed by atoms with Crippen molar-refractivity contribution in [2.24, 2.45) is 0 Å². The van der Waals surface area contributed by atoms with Gasteiger partial charge in [0, 0.05) is 37.3 Å². The first-order valence-corrected chi connectivity index (χ1v) is 10.5. The molecule has 1 saturated carbocycles. The first-order valence-electron chi connectivity index (χ1n) is 10.5. The average molecular weight is 423 g/mol. The van der Waals surface area contributed by atoms with Gasteiger partial charge in [0.1, 0.15) is 17.3 Å². The molecule has 1 aliphatic carbocycles. The summed E-state index contributed by atoms with van der Waals surface area (Å²) in [6.45, 7) is 3.66. The standard InChI is InChI=1S/C23H27FN6O/c1-15(31)29-23(2)11-8-18(9-12-23)30-14-27-20(16-4-6-17(24)7-5-16)21(30)22-26-13-10-19(25-3)28-22/h4-7,10,13-14,18H,8-9,11-12H2,1-3H3,(H,29,31)(H,25,26,28). The first-order chi connectivity index (χ1) is 14.9. The molecule has 7 nitrogen and oxygen atoms in total. The molecule has 2 aromatic heterocycles. The van der Waals surface area contributed by atoms with E-state index in [4.69, 9.17) is 0 Å². The third-order valence-corrected chi connectivity index (χ3v) is 5.96. The summed E-state index contributed by atoms with van der Waals surface area (Å²) in [5.41, 5.74) is 2.17. The molecule has 31 heavy (non-hydrogen) atoms. The number of amides is 1. The maximum absolute atomic E-state index is 13.5.